The average Bonchev–Trinajstić information content (AvgIpc) is 2.00. The molecule has 0 aromatic rings. The van der Waals surface area contributed by atoms with Crippen LogP contribution in [0.1, 0.15) is 26.7 Å². The van der Waals surface area contributed by atoms with E-state index in [1.807, 2.05) is 6.92 Å². The Labute approximate surface area is 82.7 Å². The normalized spacial score (nSPS) is 11.4. The second-order valence-corrected chi connectivity index (χ2v) is 9.43. The van der Waals surface area contributed by atoms with Crippen molar-refractivity contribution in [2.24, 2.45) is 0 Å². The third kappa shape index (κ3) is 6.81. The first-order valence-electron chi connectivity index (χ1n) is 5.17. The molecule has 0 amide bonds. The van der Waals surface area contributed by atoms with E-state index in [4.69, 9.17) is 4.74 Å². The summed E-state index contributed by atoms with van der Waals surface area (Å²) in [5, 5.41) is 0. The molecular formula is C10H22O2Si. The Bertz CT molecular complexity index is 155. The van der Waals surface area contributed by atoms with E-state index in [1.54, 1.807) is 0 Å². The molecular weight excluding hydrogens is 180 g/mol. The summed E-state index contributed by atoms with van der Waals surface area (Å²) < 4.78 is 4.95. The molecule has 0 aliphatic carbocycles. The Balaban J connectivity index is 3.79. The van der Waals surface area contributed by atoms with Gasteiger partial charge >= 0.3 is 5.97 Å². The molecule has 0 atom stereocenters. The molecule has 0 saturated carbocycles. The van der Waals surface area contributed by atoms with Gasteiger partial charge in [-0.05, 0) is 6.92 Å². The zero-order valence-electron chi connectivity index (χ0n) is 9.35. The van der Waals surface area contributed by atoms with Crippen LogP contribution in [0.2, 0.25) is 25.2 Å². The molecule has 3 heteroatoms. The molecule has 0 spiro atoms. The van der Waals surface area contributed by atoms with E-state index < -0.39 is 8.07 Å². The highest BCUT2D eigenvalue weighted by Crippen LogP contribution is 2.18. The van der Waals surface area contributed by atoms with Gasteiger partial charge in [0.2, 0.25) is 0 Å². The molecule has 2 nitrogen and oxygen atoms in total. The van der Waals surface area contributed by atoms with Gasteiger partial charge in [-0.15, -0.1) is 0 Å². The van der Waals surface area contributed by atoms with E-state index in [0.717, 1.165) is 0 Å². The molecule has 0 heterocycles. The van der Waals surface area contributed by atoms with E-state index in [9.17, 15) is 4.79 Å². The molecule has 0 unspecified atom stereocenters. The van der Waals surface area contributed by atoms with Gasteiger partial charge < -0.3 is 4.74 Å². The lowest BCUT2D eigenvalue weighted by atomic mass is 10.4. The van der Waals surface area contributed by atoms with Crippen molar-refractivity contribution >= 4 is 14.0 Å². The van der Waals surface area contributed by atoms with E-state index in [-0.39, 0.29) is 5.97 Å². The van der Waals surface area contributed by atoms with Gasteiger partial charge in [-0.3, -0.25) is 4.79 Å². The van der Waals surface area contributed by atoms with Gasteiger partial charge in [-0.25, -0.2) is 0 Å². The van der Waals surface area contributed by atoms with Crippen LogP contribution < -0.4 is 0 Å². The predicted octanol–water partition coefficient (Wildman–Crippen LogP) is 3.06. The zero-order valence-corrected chi connectivity index (χ0v) is 10.4. The van der Waals surface area contributed by atoms with Crippen LogP contribution in [-0.2, 0) is 9.53 Å². The maximum atomic E-state index is 11.2. The SMILES string of the molecule is CCCC[Si](C)(C)CC(=O)OCC. The van der Waals surface area contributed by atoms with Crippen LogP contribution in [0.15, 0.2) is 0 Å². The van der Waals surface area contributed by atoms with Crippen LogP contribution >= 0.6 is 0 Å². The minimum Gasteiger partial charge on any atom is -0.466 e. The molecule has 0 aromatic heterocycles. The van der Waals surface area contributed by atoms with E-state index in [2.05, 4.69) is 20.0 Å². The molecule has 78 valence electrons. The van der Waals surface area contributed by atoms with Crippen LogP contribution in [0.5, 0.6) is 0 Å². The van der Waals surface area contributed by atoms with Crippen molar-refractivity contribution in [2.45, 2.75) is 51.9 Å². The summed E-state index contributed by atoms with van der Waals surface area (Å²) in [6.07, 6.45) is 2.47. The van der Waals surface area contributed by atoms with Gasteiger partial charge in [0, 0.05) is 6.04 Å². The molecule has 0 N–H and O–H groups in total. The monoisotopic (exact) mass is 202 g/mol. The van der Waals surface area contributed by atoms with E-state index >= 15 is 0 Å². The number of unbranched alkanes of at least 4 members (excludes halogenated alkanes) is 1. The smallest absolute Gasteiger partial charge is 0.303 e. The quantitative estimate of drug-likeness (QED) is 0.489. The maximum absolute atomic E-state index is 11.2. The minimum atomic E-state index is -1.30. The number of ether oxygens (including phenoxy) is 1. The average molecular weight is 202 g/mol. The number of esters is 1. The summed E-state index contributed by atoms with van der Waals surface area (Å²) >= 11 is 0. The van der Waals surface area contributed by atoms with Crippen LogP contribution in [0.25, 0.3) is 0 Å². The highest BCUT2D eigenvalue weighted by atomic mass is 28.3. The number of carbonyl (C=O) groups is 1. The number of hydrogen-bond acceptors (Lipinski definition) is 2. The molecule has 0 aromatic carbocycles. The standard InChI is InChI=1S/C10H22O2Si/c1-5-7-8-13(3,4)9-10(11)12-6-2/h5-9H2,1-4H3. The summed E-state index contributed by atoms with van der Waals surface area (Å²) in [4.78, 5) is 11.2. The lowest BCUT2D eigenvalue weighted by molar-refractivity contribution is -0.140. The Morgan fingerprint density at radius 2 is 1.92 bits per heavy atom. The lowest BCUT2D eigenvalue weighted by Crippen LogP contribution is -2.29. The van der Waals surface area contributed by atoms with Crippen molar-refractivity contribution in [3.63, 3.8) is 0 Å². The first-order valence-corrected chi connectivity index (χ1v) is 8.59. The van der Waals surface area contributed by atoms with Gasteiger partial charge in [0.15, 0.2) is 0 Å². The Hall–Kier alpha value is -0.313. The van der Waals surface area contributed by atoms with Gasteiger partial charge in [0.1, 0.15) is 0 Å². The molecule has 0 aliphatic heterocycles. The van der Waals surface area contributed by atoms with Crippen molar-refractivity contribution < 1.29 is 9.53 Å². The van der Waals surface area contributed by atoms with Crippen molar-refractivity contribution in [2.75, 3.05) is 6.61 Å². The largest absolute Gasteiger partial charge is 0.466 e. The third-order valence-electron chi connectivity index (χ3n) is 2.14. The van der Waals surface area contributed by atoms with E-state index in [1.165, 1.54) is 18.9 Å². The van der Waals surface area contributed by atoms with Gasteiger partial charge in [0.25, 0.3) is 0 Å². The topological polar surface area (TPSA) is 26.3 Å². The molecule has 0 aliphatic rings. The Kier molecular flexibility index (Phi) is 6.04. The predicted molar refractivity (Wildman–Crippen MR) is 58.6 cm³/mol. The maximum Gasteiger partial charge on any atom is 0.303 e. The fourth-order valence-corrected chi connectivity index (χ4v) is 3.72. The van der Waals surface area contributed by atoms with Crippen LogP contribution in [0, 0.1) is 0 Å². The first-order chi connectivity index (χ1) is 6.02. The van der Waals surface area contributed by atoms with Crippen molar-refractivity contribution in [1.82, 2.24) is 0 Å². The molecule has 0 radical (unpaired) electrons. The second kappa shape index (κ2) is 6.19. The molecule has 0 rings (SSSR count). The zero-order chi connectivity index (χ0) is 10.3. The minimum absolute atomic E-state index is 0.00438. The highest BCUT2D eigenvalue weighted by Gasteiger charge is 2.24. The molecule has 0 saturated heterocycles. The summed E-state index contributed by atoms with van der Waals surface area (Å²) in [6, 6.07) is 1.92. The number of hydrogen-bond donors (Lipinski definition) is 0. The van der Waals surface area contributed by atoms with Gasteiger partial charge in [-0.2, -0.15) is 0 Å². The fraction of sp³-hybridized carbons (Fsp3) is 0.900. The second-order valence-electron chi connectivity index (χ2n) is 4.25. The van der Waals surface area contributed by atoms with Crippen molar-refractivity contribution in [1.29, 1.82) is 0 Å². The van der Waals surface area contributed by atoms with Gasteiger partial charge in [-0.1, -0.05) is 38.9 Å². The molecule has 0 fully saturated rings. The summed E-state index contributed by atoms with van der Waals surface area (Å²) in [5.41, 5.74) is 0. The molecule has 0 bridgehead atoms. The Morgan fingerprint density at radius 3 is 2.38 bits per heavy atom. The Morgan fingerprint density at radius 1 is 1.31 bits per heavy atom. The third-order valence-corrected chi connectivity index (χ3v) is 5.09. The van der Waals surface area contributed by atoms with E-state index in [0.29, 0.717) is 12.7 Å². The summed E-state index contributed by atoms with van der Waals surface area (Å²) in [6.45, 7) is 9.09. The summed E-state index contributed by atoms with van der Waals surface area (Å²) in [5.74, 6) is -0.00438. The van der Waals surface area contributed by atoms with Crippen LogP contribution in [0.3, 0.4) is 0 Å². The van der Waals surface area contributed by atoms with Crippen molar-refractivity contribution in [3.8, 4) is 0 Å². The van der Waals surface area contributed by atoms with Crippen LogP contribution in [-0.4, -0.2) is 20.7 Å². The fourth-order valence-electron chi connectivity index (χ4n) is 1.35. The van der Waals surface area contributed by atoms with Gasteiger partial charge in [0.05, 0.1) is 14.7 Å². The summed E-state index contributed by atoms with van der Waals surface area (Å²) in [7, 11) is -1.30. The number of rotatable bonds is 6. The van der Waals surface area contributed by atoms with Crippen LogP contribution in [0.4, 0.5) is 0 Å². The molecule has 13 heavy (non-hydrogen) atoms. The van der Waals surface area contributed by atoms with Crippen molar-refractivity contribution in [3.05, 3.63) is 0 Å². The highest BCUT2D eigenvalue weighted by molar-refractivity contribution is 6.79. The number of carbonyl (C=O) groups excluding carboxylic acids is 1. The lowest BCUT2D eigenvalue weighted by Gasteiger charge is -2.20. The first kappa shape index (κ1) is 12.7.